The molecule has 0 radical (unpaired) electrons. The Balaban J connectivity index is 1.68. The summed E-state index contributed by atoms with van der Waals surface area (Å²) in [6.45, 7) is 4.50. The van der Waals surface area contributed by atoms with E-state index in [0.717, 1.165) is 51.0 Å². The molecule has 1 amide bonds. The maximum atomic E-state index is 12.0. The van der Waals surface area contributed by atoms with Crippen LogP contribution in [0.15, 0.2) is 18.3 Å². The fraction of sp³-hybridized carbons (Fsp3) is 0.632. The predicted octanol–water partition coefficient (Wildman–Crippen LogP) is 2.96. The van der Waals surface area contributed by atoms with Gasteiger partial charge in [-0.2, -0.15) is 5.26 Å². The third-order valence-electron chi connectivity index (χ3n) is 5.52. The second-order valence-electron chi connectivity index (χ2n) is 6.94. The Kier molecular flexibility index (Phi) is 5.34. The van der Waals surface area contributed by atoms with Crippen LogP contribution in [-0.2, 0) is 4.79 Å². The van der Waals surface area contributed by atoms with Crippen LogP contribution in [0, 0.1) is 17.2 Å². The van der Waals surface area contributed by atoms with Gasteiger partial charge in [0, 0.05) is 38.8 Å². The van der Waals surface area contributed by atoms with Gasteiger partial charge in [0.25, 0.3) is 0 Å². The molecule has 2 fully saturated rings. The van der Waals surface area contributed by atoms with Crippen molar-refractivity contribution in [1.82, 2.24) is 9.88 Å². The van der Waals surface area contributed by atoms with Crippen LogP contribution in [0.3, 0.4) is 0 Å². The summed E-state index contributed by atoms with van der Waals surface area (Å²) in [5.74, 6) is 0.800. The Morgan fingerprint density at radius 3 is 2.71 bits per heavy atom. The van der Waals surface area contributed by atoms with Crippen molar-refractivity contribution in [3.63, 3.8) is 0 Å². The second-order valence-corrected chi connectivity index (χ2v) is 6.94. The molecule has 2 saturated heterocycles. The topological polar surface area (TPSA) is 60.2 Å². The van der Waals surface area contributed by atoms with Gasteiger partial charge in [0.2, 0.25) is 5.91 Å². The lowest BCUT2D eigenvalue weighted by Crippen LogP contribution is -2.47. The smallest absolute Gasteiger partial charge is 0.219 e. The minimum Gasteiger partial charge on any atom is -0.369 e. The number of hydrogen-bond acceptors (Lipinski definition) is 4. The zero-order valence-electron chi connectivity index (χ0n) is 14.4. The minimum absolute atomic E-state index is 0.225. The Labute approximate surface area is 144 Å². The number of rotatable bonds is 2. The molecule has 24 heavy (non-hydrogen) atoms. The minimum atomic E-state index is 0.225. The molecular formula is C19H26N4O. The van der Waals surface area contributed by atoms with Gasteiger partial charge in [0.05, 0.1) is 5.69 Å². The van der Waals surface area contributed by atoms with Gasteiger partial charge in [-0.05, 0) is 43.7 Å². The maximum absolute atomic E-state index is 12.0. The summed E-state index contributed by atoms with van der Waals surface area (Å²) in [7, 11) is 0. The van der Waals surface area contributed by atoms with E-state index in [2.05, 4.69) is 20.9 Å². The molecule has 2 aliphatic heterocycles. The number of amides is 1. The SMILES string of the molecule is CC(=O)N1CCCCCC1C1CCN(c2cccnc2C#N)CC1. The van der Waals surface area contributed by atoms with Gasteiger partial charge in [0.15, 0.2) is 5.69 Å². The molecule has 0 aliphatic carbocycles. The van der Waals surface area contributed by atoms with E-state index in [1.54, 1.807) is 13.1 Å². The molecule has 5 nitrogen and oxygen atoms in total. The number of piperidine rings is 1. The van der Waals surface area contributed by atoms with E-state index in [1.807, 2.05) is 12.1 Å². The second kappa shape index (κ2) is 7.65. The van der Waals surface area contributed by atoms with Crippen LogP contribution in [0.25, 0.3) is 0 Å². The molecule has 3 rings (SSSR count). The van der Waals surface area contributed by atoms with Crippen LogP contribution in [0.2, 0.25) is 0 Å². The summed E-state index contributed by atoms with van der Waals surface area (Å²) in [4.78, 5) is 20.6. The van der Waals surface area contributed by atoms with Crippen molar-refractivity contribution in [1.29, 1.82) is 5.26 Å². The number of nitrogens with zero attached hydrogens (tertiary/aromatic N) is 4. The summed E-state index contributed by atoms with van der Waals surface area (Å²) in [6, 6.07) is 6.47. The average molecular weight is 326 g/mol. The van der Waals surface area contributed by atoms with Crippen LogP contribution in [0.1, 0.15) is 51.1 Å². The van der Waals surface area contributed by atoms with E-state index in [4.69, 9.17) is 0 Å². The summed E-state index contributed by atoms with van der Waals surface area (Å²) in [5, 5.41) is 9.25. The number of carbonyl (C=O) groups is 1. The molecule has 2 aliphatic rings. The molecule has 1 aromatic rings. The number of aromatic nitrogens is 1. The van der Waals surface area contributed by atoms with Crippen molar-refractivity contribution in [2.24, 2.45) is 5.92 Å². The number of anilines is 1. The maximum Gasteiger partial charge on any atom is 0.219 e. The van der Waals surface area contributed by atoms with Crippen LogP contribution >= 0.6 is 0 Å². The quantitative estimate of drug-likeness (QED) is 0.838. The monoisotopic (exact) mass is 326 g/mol. The highest BCUT2D eigenvalue weighted by Crippen LogP contribution is 2.32. The van der Waals surface area contributed by atoms with Crippen LogP contribution in [0.5, 0.6) is 0 Å². The molecular weight excluding hydrogens is 300 g/mol. The first-order valence-corrected chi connectivity index (χ1v) is 9.08. The predicted molar refractivity (Wildman–Crippen MR) is 93.5 cm³/mol. The van der Waals surface area contributed by atoms with E-state index < -0.39 is 0 Å². The van der Waals surface area contributed by atoms with Gasteiger partial charge in [-0.15, -0.1) is 0 Å². The molecule has 0 spiro atoms. The lowest BCUT2D eigenvalue weighted by molar-refractivity contribution is -0.132. The Bertz CT molecular complexity index is 616. The first kappa shape index (κ1) is 16.8. The Morgan fingerprint density at radius 1 is 1.21 bits per heavy atom. The normalized spacial score (nSPS) is 22.8. The Morgan fingerprint density at radius 2 is 2.00 bits per heavy atom. The molecule has 1 aromatic heterocycles. The van der Waals surface area contributed by atoms with Gasteiger partial charge in [-0.1, -0.05) is 12.8 Å². The number of likely N-dealkylation sites (tertiary alicyclic amines) is 1. The van der Waals surface area contributed by atoms with Crippen molar-refractivity contribution >= 4 is 11.6 Å². The molecule has 1 atom stereocenters. The zero-order valence-corrected chi connectivity index (χ0v) is 14.4. The summed E-state index contributed by atoms with van der Waals surface area (Å²) >= 11 is 0. The first-order valence-electron chi connectivity index (χ1n) is 9.08. The first-order chi connectivity index (χ1) is 11.7. The third kappa shape index (κ3) is 3.53. The summed E-state index contributed by atoms with van der Waals surface area (Å²) in [5.41, 5.74) is 1.46. The largest absolute Gasteiger partial charge is 0.369 e. The van der Waals surface area contributed by atoms with Crippen LogP contribution in [-0.4, -0.2) is 41.5 Å². The average Bonchev–Trinajstić information content (AvgIpc) is 2.88. The molecule has 3 heterocycles. The number of nitriles is 1. The van der Waals surface area contributed by atoms with Crippen molar-refractivity contribution in [2.45, 2.75) is 51.5 Å². The number of pyridine rings is 1. The summed E-state index contributed by atoms with van der Waals surface area (Å²) in [6.07, 6.45) is 8.57. The van der Waals surface area contributed by atoms with E-state index in [-0.39, 0.29) is 5.91 Å². The van der Waals surface area contributed by atoms with E-state index in [0.29, 0.717) is 17.7 Å². The molecule has 128 valence electrons. The molecule has 0 saturated carbocycles. The highest BCUT2D eigenvalue weighted by Gasteiger charge is 2.33. The number of carbonyl (C=O) groups excluding carboxylic acids is 1. The fourth-order valence-corrected chi connectivity index (χ4v) is 4.28. The van der Waals surface area contributed by atoms with Gasteiger partial charge >= 0.3 is 0 Å². The zero-order chi connectivity index (χ0) is 16.9. The lowest BCUT2D eigenvalue weighted by Gasteiger charge is -2.41. The lowest BCUT2D eigenvalue weighted by atomic mass is 9.86. The van der Waals surface area contributed by atoms with E-state index in [9.17, 15) is 10.1 Å². The van der Waals surface area contributed by atoms with Crippen LogP contribution in [0.4, 0.5) is 5.69 Å². The molecule has 5 heteroatoms. The van der Waals surface area contributed by atoms with E-state index >= 15 is 0 Å². The fourth-order valence-electron chi connectivity index (χ4n) is 4.28. The van der Waals surface area contributed by atoms with Crippen molar-refractivity contribution in [3.05, 3.63) is 24.0 Å². The molecule has 0 aromatic carbocycles. The number of hydrogen-bond donors (Lipinski definition) is 0. The molecule has 0 N–H and O–H groups in total. The highest BCUT2D eigenvalue weighted by molar-refractivity contribution is 5.73. The summed E-state index contributed by atoms with van der Waals surface area (Å²) < 4.78 is 0. The van der Waals surface area contributed by atoms with Gasteiger partial charge in [-0.25, -0.2) is 4.98 Å². The highest BCUT2D eigenvalue weighted by atomic mass is 16.2. The van der Waals surface area contributed by atoms with Crippen LogP contribution < -0.4 is 4.90 Å². The van der Waals surface area contributed by atoms with Gasteiger partial charge in [0.1, 0.15) is 6.07 Å². The van der Waals surface area contributed by atoms with Gasteiger partial charge < -0.3 is 9.80 Å². The standard InChI is InChI=1S/C19H26N4O/c1-15(24)23-11-4-2-3-6-18(23)16-8-12-22(13-9-16)19-7-5-10-21-17(19)14-20/h5,7,10,16,18H,2-4,6,8-9,11-13H2,1H3. The van der Waals surface area contributed by atoms with Crippen molar-refractivity contribution in [2.75, 3.05) is 24.5 Å². The van der Waals surface area contributed by atoms with E-state index in [1.165, 1.54) is 12.8 Å². The van der Waals surface area contributed by atoms with Crippen molar-refractivity contribution in [3.8, 4) is 6.07 Å². The molecule has 1 unspecified atom stereocenters. The van der Waals surface area contributed by atoms with Crippen molar-refractivity contribution < 1.29 is 4.79 Å². The van der Waals surface area contributed by atoms with Gasteiger partial charge in [-0.3, -0.25) is 4.79 Å². The molecule has 0 bridgehead atoms. The Hall–Kier alpha value is -2.09. The third-order valence-corrected chi connectivity index (χ3v) is 5.52.